The summed E-state index contributed by atoms with van der Waals surface area (Å²) in [5, 5.41) is 11.9. The Kier molecular flexibility index (Phi) is 6.89. The highest BCUT2D eigenvalue weighted by atomic mass is 19.1. The smallest absolute Gasteiger partial charge is 0.266 e. The molecule has 1 aliphatic heterocycles. The molecule has 7 heteroatoms. The quantitative estimate of drug-likeness (QED) is 0.279. The molecule has 3 aromatic carbocycles. The van der Waals surface area contributed by atoms with E-state index in [2.05, 4.69) is 11.9 Å². The van der Waals surface area contributed by atoms with Crippen LogP contribution in [-0.4, -0.2) is 12.7 Å². The van der Waals surface area contributed by atoms with Gasteiger partial charge in [0.15, 0.2) is 11.5 Å². The lowest BCUT2D eigenvalue weighted by Gasteiger charge is -2.12. The molecule has 34 heavy (non-hydrogen) atoms. The number of nitriles is 1. The Morgan fingerprint density at radius 3 is 2.76 bits per heavy atom. The second-order valence-corrected chi connectivity index (χ2v) is 7.44. The SMILES string of the molecule is C=CCc1cc(/C=C(/C#N)C(=O)Nc2ccccc2F)ccc1OCc1ccc2c(c1)OCO2. The van der Waals surface area contributed by atoms with Crippen molar-refractivity contribution >= 4 is 17.7 Å². The highest BCUT2D eigenvalue weighted by Gasteiger charge is 2.15. The van der Waals surface area contributed by atoms with Crippen molar-refractivity contribution in [1.29, 1.82) is 5.26 Å². The molecule has 170 valence electrons. The largest absolute Gasteiger partial charge is 0.489 e. The van der Waals surface area contributed by atoms with Gasteiger partial charge >= 0.3 is 0 Å². The summed E-state index contributed by atoms with van der Waals surface area (Å²) in [7, 11) is 0. The van der Waals surface area contributed by atoms with Crippen LogP contribution in [0.25, 0.3) is 6.08 Å². The summed E-state index contributed by atoms with van der Waals surface area (Å²) < 4.78 is 30.6. The normalized spacial score (nSPS) is 12.1. The molecule has 0 aromatic heterocycles. The number of nitrogens with one attached hydrogen (secondary N) is 1. The van der Waals surface area contributed by atoms with E-state index in [0.29, 0.717) is 35.8 Å². The van der Waals surface area contributed by atoms with Gasteiger partial charge in [-0.3, -0.25) is 4.79 Å². The van der Waals surface area contributed by atoms with Gasteiger partial charge in [-0.15, -0.1) is 6.58 Å². The van der Waals surface area contributed by atoms with Crippen molar-refractivity contribution in [2.75, 3.05) is 12.1 Å². The summed E-state index contributed by atoms with van der Waals surface area (Å²) in [6.45, 7) is 4.32. The van der Waals surface area contributed by atoms with Crippen LogP contribution in [0.3, 0.4) is 0 Å². The molecule has 0 aliphatic carbocycles. The van der Waals surface area contributed by atoms with Gasteiger partial charge in [-0.2, -0.15) is 5.26 Å². The van der Waals surface area contributed by atoms with E-state index in [1.165, 1.54) is 24.3 Å². The third-order valence-corrected chi connectivity index (χ3v) is 5.08. The zero-order chi connectivity index (χ0) is 23.9. The average molecular weight is 456 g/mol. The zero-order valence-corrected chi connectivity index (χ0v) is 18.2. The van der Waals surface area contributed by atoms with Crippen LogP contribution < -0.4 is 19.5 Å². The van der Waals surface area contributed by atoms with Gasteiger partial charge in [-0.05, 0) is 65.6 Å². The second-order valence-electron chi connectivity index (χ2n) is 7.44. The van der Waals surface area contributed by atoms with Crippen molar-refractivity contribution < 1.29 is 23.4 Å². The van der Waals surface area contributed by atoms with Crippen molar-refractivity contribution in [1.82, 2.24) is 0 Å². The molecule has 1 N–H and O–H groups in total. The number of hydrogen-bond donors (Lipinski definition) is 1. The van der Waals surface area contributed by atoms with Crippen molar-refractivity contribution in [3.63, 3.8) is 0 Å². The predicted octanol–water partition coefficient (Wildman–Crippen LogP) is 5.41. The van der Waals surface area contributed by atoms with Crippen molar-refractivity contribution in [2.24, 2.45) is 0 Å². The van der Waals surface area contributed by atoms with Crippen LogP contribution in [0.4, 0.5) is 10.1 Å². The lowest BCUT2D eigenvalue weighted by Crippen LogP contribution is -2.14. The van der Waals surface area contributed by atoms with Gasteiger partial charge in [0, 0.05) is 0 Å². The fraction of sp³-hybridized carbons (Fsp3) is 0.111. The van der Waals surface area contributed by atoms with Gasteiger partial charge in [0.25, 0.3) is 5.91 Å². The molecule has 4 rings (SSSR count). The third-order valence-electron chi connectivity index (χ3n) is 5.08. The highest BCUT2D eigenvalue weighted by molar-refractivity contribution is 6.09. The van der Waals surface area contributed by atoms with Crippen LogP contribution in [-0.2, 0) is 17.8 Å². The molecule has 0 spiro atoms. The molecule has 1 heterocycles. The number of rotatable bonds is 8. The van der Waals surface area contributed by atoms with Crippen LogP contribution in [0.15, 0.2) is 78.9 Å². The minimum absolute atomic E-state index is 0.00765. The minimum atomic E-state index is -0.694. The van der Waals surface area contributed by atoms with Gasteiger partial charge in [0.05, 0.1) is 5.69 Å². The van der Waals surface area contributed by atoms with Crippen molar-refractivity contribution in [2.45, 2.75) is 13.0 Å². The first-order chi connectivity index (χ1) is 16.6. The fourth-order valence-corrected chi connectivity index (χ4v) is 3.40. The van der Waals surface area contributed by atoms with E-state index in [1.807, 2.05) is 30.3 Å². The summed E-state index contributed by atoms with van der Waals surface area (Å²) in [6, 6.07) is 18.6. The Bertz CT molecular complexity index is 1310. The van der Waals surface area contributed by atoms with E-state index in [-0.39, 0.29) is 18.1 Å². The number of carbonyl (C=O) groups is 1. The van der Waals surface area contributed by atoms with Crippen molar-refractivity contribution in [3.05, 3.63) is 101 Å². The van der Waals surface area contributed by atoms with Crippen LogP contribution in [0.1, 0.15) is 16.7 Å². The number of ether oxygens (including phenoxy) is 3. The average Bonchev–Trinajstić information content (AvgIpc) is 3.31. The number of halogens is 1. The fourth-order valence-electron chi connectivity index (χ4n) is 3.40. The van der Waals surface area contributed by atoms with Gasteiger partial charge in [0.2, 0.25) is 6.79 Å². The van der Waals surface area contributed by atoms with Crippen LogP contribution in [0.2, 0.25) is 0 Å². The Labute approximate surface area is 196 Å². The molecular formula is C27H21FN2O4. The van der Waals surface area contributed by atoms with Gasteiger partial charge < -0.3 is 19.5 Å². The third kappa shape index (κ3) is 5.25. The van der Waals surface area contributed by atoms with E-state index in [0.717, 1.165) is 11.1 Å². The Morgan fingerprint density at radius 2 is 1.97 bits per heavy atom. The summed E-state index contributed by atoms with van der Waals surface area (Å²) in [6.07, 6.45) is 3.72. The summed E-state index contributed by atoms with van der Waals surface area (Å²) in [5.41, 5.74) is 2.26. The number of fused-ring (bicyclic) bond motifs is 1. The van der Waals surface area contributed by atoms with Crippen LogP contribution in [0.5, 0.6) is 17.2 Å². The molecule has 1 aliphatic rings. The Hall–Kier alpha value is -4.57. The molecule has 0 unspecified atom stereocenters. The van der Waals surface area contributed by atoms with Crippen LogP contribution >= 0.6 is 0 Å². The maximum atomic E-state index is 13.8. The topological polar surface area (TPSA) is 80.6 Å². The van der Waals surface area contributed by atoms with Gasteiger partial charge in [0.1, 0.15) is 29.8 Å². The predicted molar refractivity (Wildman–Crippen MR) is 126 cm³/mol. The summed E-state index contributed by atoms with van der Waals surface area (Å²) in [5.74, 6) is 0.778. The zero-order valence-electron chi connectivity index (χ0n) is 18.2. The molecule has 0 bridgehead atoms. The van der Waals surface area contributed by atoms with Crippen molar-refractivity contribution in [3.8, 4) is 23.3 Å². The number of para-hydroxylation sites is 1. The number of benzene rings is 3. The molecule has 6 nitrogen and oxygen atoms in total. The molecule has 0 atom stereocenters. The molecular weight excluding hydrogens is 435 g/mol. The molecule has 3 aromatic rings. The lowest BCUT2D eigenvalue weighted by molar-refractivity contribution is -0.112. The monoisotopic (exact) mass is 456 g/mol. The van der Waals surface area contributed by atoms with Crippen LogP contribution in [0, 0.1) is 17.1 Å². The number of anilines is 1. The molecule has 0 saturated heterocycles. The number of carbonyl (C=O) groups excluding carboxylic acids is 1. The molecule has 1 amide bonds. The number of nitrogens with zero attached hydrogens (tertiary/aromatic N) is 1. The van der Waals surface area contributed by atoms with E-state index in [4.69, 9.17) is 14.2 Å². The number of hydrogen-bond acceptors (Lipinski definition) is 5. The molecule has 0 fully saturated rings. The summed E-state index contributed by atoms with van der Waals surface area (Å²) >= 11 is 0. The van der Waals surface area contributed by atoms with Gasteiger partial charge in [-0.1, -0.05) is 30.3 Å². The summed E-state index contributed by atoms with van der Waals surface area (Å²) in [4.78, 5) is 12.5. The minimum Gasteiger partial charge on any atom is -0.489 e. The number of allylic oxidation sites excluding steroid dienone is 1. The maximum absolute atomic E-state index is 13.8. The highest BCUT2D eigenvalue weighted by Crippen LogP contribution is 2.33. The van der Waals surface area contributed by atoms with E-state index >= 15 is 0 Å². The first-order valence-corrected chi connectivity index (χ1v) is 10.5. The molecule has 0 saturated carbocycles. The van der Waals surface area contributed by atoms with E-state index in [9.17, 15) is 14.4 Å². The van der Waals surface area contributed by atoms with E-state index in [1.54, 1.807) is 24.3 Å². The number of amides is 1. The first-order valence-electron chi connectivity index (χ1n) is 10.5. The molecule has 0 radical (unpaired) electrons. The Balaban J connectivity index is 1.51. The maximum Gasteiger partial charge on any atom is 0.266 e. The van der Waals surface area contributed by atoms with Gasteiger partial charge in [-0.25, -0.2) is 4.39 Å². The first kappa shape index (κ1) is 22.6. The Morgan fingerprint density at radius 1 is 1.15 bits per heavy atom. The lowest BCUT2D eigenvalue weighted by atomic mass is 10.0. The standard InChI is InChI=1S/C27H21FN2O4/c1-2-5-20-12-18(13-21(15-29)27(31)30-23-7-4-3-6-22(23)28)8-10-24(20)32-16-19-9-11-25-26(14-19)34-17-33-25/h2-4,6-14H,1,5,16-17H2,(H,30,31)/b21-13-. The van der Waals surface area contributed by atoms with E-state index < -0.39 is 11.7 Å². The second kappa shape index (κ2) is 10.4.